The minimum absolute atomic E-state index is 0.129. The first kappa shape index (κ1) is 18.7. The highest BCUT2D eigenvalue weighted by molar-refractivity contribution is 5.92. The molecule has 146 valence electrons. The molecule has 0 saturated carbocycles. The summed E-state index contributed by atoms with van der Waals surface area (Å²) in [7, 11) is 0. The summed E-state index contributed by atoms with van der Waals surface area (Å²) < 4.78 is 5.56. The maximum atomic E-state index is 12.3. The maximum Gasteiger partial charge on any atom is 0.242 e. The number of carbonyl (C=O) groups excluding carboxylic acids is 2. The molecule has 0 aliphatic carbocycles. The Morgan fingerprint density at radius 2 is 1.45 bits per heavy atom. The van der Waals surface area contributed by atoms with Crippen LogP contribution in [0.2, 0.25) is 0 Å². The number of benzene rings is 3. The van der Waals surface area contributed by atoms with Crippen LogP contribution in [0, 0.1) is 13.8 Å². The number of amides is 2. The Hall–Kier alpha value is -3.60. The van der Waals surface area contributed by atoms with Crippen molar-refractivity contribution in [1.29, 1.82) is 0 Å². The molecule has 5 nitrogen and oxygen atoms in total. The summed E-state index contributed by atoms with van der Waals surface area (Å²) in [6, 6.07) is 17.8. The summed E-state index contributed by atoms with van der Waals surface area (Å²) in [6.45, 7) is 4.05. The van der Waals surface area contributed by atoms with Crippen LogP contribution in [0.1, 0.15) is 22.3 Å². The minimum atomic E-state index is -0.294. The van der Waals surface area contributed by atoms with E-state index in [9.17, 15) is 9.59 Å². The molecule has 0 aliphatic heterocycles. The topological polar surface area (TPSA) is 71.3 Å². The normalized spacial score (nSPS) is 11.0. The third-order valence-corrected chi connectivity index (χ3v) is 5.19. The Balaban J connectivity index is 1.38. The second-order valence-electron chi connectivity index (χ2n) is 7.28. The molecule has 2 N–H and O–H groups in total. The van der Waals surface area contributed by atoms with E-state index in [2.05, 4.69) is 10.9 Å². The van der Waals surface area contributed by atoms with Gasteiger partial charge >= 0.3 is 0 Å². The third-order valence-electron chi connectivity index (χ3n) is 5.19. The van der Waals surface area contributed by atoms with Crippen LogP contribution in [0.5, 0.6) is 0 Å². The van der Waals surface area contributed by atoms with Gasteiger partial charge in [0.15, 0.2) is 0 Å². The maximum absolute atomic E-state index is 12.3. The van der Waals surface area contributed by atoms with E-state index in [1.54, 1.807) is 6.26 Å². The Morgan fingerprint density at radius 3 is 2.24 bits per heavy atom. The van der Waals surface area contributed by atoms with E-state index in [0.717, 1.165) is 44.0 Å². The number of carbonyl (C=O) groups is 2. The zero-order chi connectivity index (χ0) is 20.4. The van der Waals surface area contributed by atoms with Crippen molar-refractivity contribution in [1.82, 2.24) is 10.9 Å². The Kier molecular flexibility index (Phi) is 5.04. The van der Waals surface area contributed by atoms with Gasteiger partial charge in [0.25, 0.3) is 0 Å². The number of fused-ring (bicyclic) bond motifs is 2. The minimum Gasteiger partial charge on any atom is -0.464 e. The van der Waals surface area contributed by atoms with Crippen LogP contribution in [0.25, 0.3) is 21.7 Å². The molecular formula is C24H22N2O3. The number of hydrazine groups is 1. The summed E-state index contributed by atoms with van der Waals surface area (Å²) in [5.74, 6) is -0.560. The van der Waals surface area contributed by atoms with Gasteiger partial charge in [0, 0.05) is 10.9 Å². The van der Waals surface area contributed by atoms with Gasteiger partial charge < -0.3 is 4.42 Å². The summed E-state index contributed by atoms with van der Waals surface area (Å²) in [5, 5.41) is 3.04. The van der Waals surface area contributed by atoms with Crippen LogP contribution in [0.4, 0.5) is 0 Å². The lowest BCUT2D eigenvalue weighted by atomic mass is 10.0. The summed E-state index contributed by atoms with van der Waals surface area (Å²) in [4.78, 5) is 24.6. The van der Waals surface area contributed by atoms with Gasteiger partial charge in [0.2, 0.25) is 11.8 Å². The van der Waals surface area contributed by atoms with Crippen LogP contribution in [0.3, 0.4) is 0 Å². The first-order valence-electron chi connectivity index (χ1n) is 9.53. The van der Waals surface area contributed by atoms with Crippen LogP contribution >= 0.6 is 0 Å². The predicted molar refractivity (Wildman–Crippen MR) is 113 cm³/mol. The smallest absolute Gasteiger partial charge is 0.242 e. The van der Waals surface area contributed by atoms with E-state index in [1.165, 1.54) is 0 Å². The number of rotatable bonds is 4. The molecule has 2 amide bonds. The highest BCUT2D eigenvalue weighted by Crippen LogP contribution is 2.25. The molecule has 1 heterocycles. The van der Waals surface area contributed by atoms with Gasteiger partial charge in [0.05, 0.1) is 19.1 Å². The standard InChI is InChI=1S/C24H22N2O3/c1-15-10-21-19(14-29-22(21)11-16(15)2)13-24(28)26-25-23(27)12-18-8-5-7-17-6-3-4-9-20(17)18/h3-11,14H,12-13H2,1-2H3,(H,25,27)(H,26,28). The van der Waals surface area contributed by atoms with Crippen LogP contribution < -0.4 is 10.9 Å². The van der Waals surface area contributed by atoms with Crippen molar-refractivity contribution < 1.29 is 14.0 Å². The van der Waals surface area contributed by atoms with Crippen molar-refractivity contribution in [2.24, 2.45) is 0 Å². The monoisotopic (exact) mass is 386 g/mol. The largest absolute Gasteiger partial charge is 0.464 e. The molecule has 3 aromatic carbocycles. The molecule has 0 saturated heterocycles. The number of nitrogens with one attached hydrogen (secondary N) is 2. The number of hydrogen-bond donors (Lipinski definition) is 2. The third kappa shape index (κ3) is 3.99. The molecule has 0 spiro atoms. The van der Waals surface area contributed by atoms with Crippen LogP contribution in [0.15, 0.2) is 65.3 Å². The van der Waals surface area contributed by atoms with Crippen molar-refractivity contribution in [3.63, 3.8) is 0 Å². The fraction of sp³-hybridized carbons (Fsp3) is 0.167. The van der Waals surface area contributed by atoms with Gasteiger partial charge in [-0.2, -0.15) is 0 Å². The van der Waals surface area contributed by atoms with Crippen LogP contribution in [-0.2, 0) is 22.4 Å². The van der Waals surface area contributed by atoms with Gasteiger partial charge in [-0.1, -0.05) is 42.5 Å². The highest BCUT2D eigenvalue weighted by Gasteiger charge is 2.13. The average molecular weight is 386 g/mol. The first-order chi connectivity index (χ1) is 14.0. The number of furan rings is 1. The zero-order valence-corrected chi connectivity index (χ0v) is 16.4. The second-order valence-corrected chi connectivity index (χ2v) is 7.28. The zero-order valence-electron chi connectivity index (χ0n) is 16.4. The molecule has 4 aromatic rings. The first-order valence-corrected chi connectivity index (χ1v) is 9.53. The molecule has 0 unspecified atom stereocenters. The molecule has 0 bridgehead atoms. The Morgan fingerprint density at radius 1 is 0.793 bits per heavy atom. The van der Waals surface area contributed by atoms with Gasteiger partial charge in [-0.25, -0.2) is 0 Å². The van der Waals surface area contributed by atoms with Crippen molar-refractivity contribution in [2.75, 3.05) is 0 Å². The lowest BCUT2D eigenvalue weighted by molar-refractivity contribution is -0.128. The SMILES string of the molecule is Cc1cc2occ(CC(=O)NNC(=O)Cc3cccc4ccccc34)c2cc1C. The second kappa shape index (κ2) is 7.80. The summed E-state index contributed by atoms with van der Waals surface area (Å²) in [5.41, 5.74) is 9.77. The molecule has 29 heavy (non-hydrogen) atoms. The molecule has 0 aliphatic rings. The average Bonchev–Trinajstić information content (AvgIpc) is 3.08. The number of aryl methyl sites for hydroxylation is 2. The van der Waals surface area contributed by atoms with E-state index >= 15 is 0 Å². The fourth-order valence-electron chi connectivity index (χ4n) is 3.49. The molecular weight excluding hydrogens is 364 g/mol. The van der Waals surface area contributed by atoms with Crippen molar-refractivity contribution >= 4 is 33.6 Å². The van der Waals surface area contributed by atoms with E-state index in [0.29, 0.717) is 0 Å². The molecule has 0 atom stereocenters. The van der Waals surface area contributed by atoms with Gasteiger partial charge in [-0.3, -0.25) is 20.4 Å². The lowest BCUT2D eigenvalue weighted by Gasteiger charge is -2.09. The van der Waals surface area contributed by atoms with E-state index in [-0.39, 0.29) is 24.7 Å². The van der Waals surface area contributed by atoms with Crippen LogP contribution in [-0.4, -0.2) is 11.8 Å². The summed E-state index contributed by atoms with van der Waals surface area (Å²) in [6.07, 6.45) is 1.92. The molecule has 0 radical (unpaired) electrons. The quantitative estimate of drug-likeness (QED) is 0.518. The lowest BCUT2D eigenvalue weighted by Crippen LogP contribution is -2.43. The Labute approximate surface area is 168 Å². The Bertz CT molecular complexity index is 1220. The molecule has 0 fully saturated rings. The van der Waals surface area contributed by atoms with Gasteiger partial charge in [-0.15, -0.1) is 0 Å². The van der Waals surface area contributed by atoms with Gasteiger partial charge in [0.1, 0.15) is 5.58 Å². The molecule has 4 rings (SSSR count). The van der Waals surface area contributed by atoms with Crippen molar-refractivity contribution in [3.8, 4) is 0 Å². The van der Waals surface area contributed by atoms with E-state index in [4.69, 9.17) is 4.42 Å². The number of hydrogen-bond acceptors (Lipinski definition) is 3. The molecule has 1 aromatic heterocycles. The molecule has 5 heteroatoms. The van der Waals surface area contributed by atoms with E-state index in [1.807, 2.05) is 68.4 Å². The van der Waals surface area contributed by atoms with Gasteiger partial charge in [-0.05, 0) is 53.4 Å². The fourth-order valence-corrected chi connectivity index (χ4v) is 3.49. The van der Waals surface area contributed by atoms with E-state index < -0.39 is 0 Å². The highest BCUT2D eigenvalue weighted by atomic mass is 16.3. The predicted octanol–water partition coefficient (Wildman–Crippen LogP) is 4.14. The summed E-state index contributed by atoms with van der Waals surface area (Å²) >= 11 is 0. The van der Waals surface area contributed by atoms with Crippen molar-refractivity contribution in [2.45, 2.75) is 26.7 Å². The van der Waals surface area contributed by atoms with Crippen molar-refractivity contribution in [3.05, 3.63) is 83.1 Å².